The van der Waals surface area contributed by atoms with Gasteiger partial charge in [0.15, 0.2) is 0 Å². The van der Waals surface area contributed by atoms with Gasteiger partial charge in [0.1, 0.15) is 5.82 Å². The van der Waals surface area contributed by atoms with Gasteiger partial charge < -0.3 is 5.11 Å². The number of halogens is 1. The molecule has 1 aromatic rings. The van der Waals surface area contributed by atoms with Crippen molar-refractivity contribution in [2.75, 3.05) is 19.7 Å². The lowest BCUT2D eigenvalue weighted by Gasteiger charge is -2.25. The van der Waals surface area contributed by atoms with Gasteiger partial charge in [0, 0.05) is 0 Å². The molecule has 0 aliphatic carbocycles. The molecule has 0 saturated carbocycles. The predicted molar refractivity (Wildman–Crippen MR) is 57.0 cm³/mol. The molecule has 2 nitrogen and oxygen atoms in total. The number of hydrogen-bond acceptors (Lipinski definition) is 2. The van der Waals surface area contributed by atoms with Crippen LogP contribution in [0.3, 0.4) is 0 Å². The predicted octanol–water partition coefficient (Wildman–Crippen LogP) is 1.95. The van der Waals surface area contributed by atoms with E-state index in [1.54, 1.807) is 6.07 Å². The first-order valence-electron chi connectivity index (χ1n) is 5.41. The third kappa shape index (κ3) is 2.36. The topological polar surface area (TPSA) is 23.5 Å². The molecule has 0 spiro atoms. The van der Waals surface area contributed by atoms with Crippen LogP contribution in [0.5, 0.6) is 0 Å². The average molecular weight is 209 g/mol. The standard InChI is InChI=1S/C12H16FNO/c13-11-5-3-4-10(8-11)12(9-15)14-6-1-2-7-14/h3-5,8,12,15H,1-2,6-7,9H2. The summed E-state index contributed by atoms with van der Waals surface area (Å²) in [6, 6.07) is 6.48. The van der Waals surface area contributed by atoms with Crippen LogP contribution in [0, 0.1) is 5.82 Å². The van der Waals surface area contributed by atoms with Crippen molar-refractivity contribution in [2.24, 2.45) is 0 Å². The molecule has 82 valence electrons. The summed E-state index contributed by atoms with van der Waals surface area (Å²) < 4.78 is 13.1. The second-order valence-electron chi connectivity index (χ2n) is 4.00. The van der Waals surface area contributed by atoms with Gasteiger partial charge in [0.2, 0.25) is 0 Å². The summed E-state index contributed by atoms with van der Waals surface area (Å²) >= 11 is 0. The molecule has 1 aliphatic rings. The Labute approximate surface area is 89.3 Å². The van der Waals surface area contributed by atoms with Gasteiger partial charge in [-0.15, -0.1) is 0 Å². The Hall–Kier alpha value is -0.930. The van der Waals surface area contributed by atoms with Crippen molar-refractivity contribution < 1.29 is 9.50 Å². The van der Waals surface area contributed by atoms with Crippen molar-refractivity contribution in [3.05, 3.63) is 35.6 Å². The SMILES string of the molecule is OCC(c1cccc(F)c1)N1CCCC1. The summed E-state index contributed by atoms with van der Waals surface area (Å²) in [6.07, 6.45) is 2.34. The highest BCUT2D eigenvalue weighted by Gasteiger charge is 2.22. The van der Waals surface area contributed by atoms with Crippen LogP contribution >= 0.6 is 0 Å². The summed E-state index contributed by atoms with van der Waals surface area (Å²) in [5.74, 6) is -0.231. The minimum absolute atomic E-state index is 0.0387. The van der Waals surface area contributed by atoms with Crippen molar-refractivity contribution in [2.45, 2.75) is 18.9 Å². The molecule has 3 heteroatoms. The molecule has 1 N–H and O–H groups in total. The molecule has 15 heavy (non-hydrogen) atoms. The first kappa shape index (κ1) is 10.6. The van der Waals surface area contributed by atoms with E-state index >= 15 is 0 Å². The average Bonchev–Trinajstić information content (AvgIpc) is 2.72. The molecule has 1 fully saturated rings. The quantitative estimate of drug-likeness (QED) is 0.822. The van der Waals surface area contributed by atoms with Crippen LogP contribution in [0.25, 0.3) is 0 Å². The Morgan fingerprint density at radius 1 is 1.33 bits per heavy atom. The van der Waals surface area contributed by atoms with E-state index in [2.05, 4.69) is 4.90 Å². The minimum atomic E-state index is -0.231. The van der Waals surface area contributed by atoms with E-state index in [-0.39, 0.29) is 18.5 Å². The second kappa shape index (κ2) is 4.73. The van der Waals surface area contributed by atoms with E-state index in [9.17, 15) is 9.50 Å². The molecule has 1 aromatic carbocycles. The zero-order valence-corrected chi connectivity index (χ0v) is 8.69. The van der Waals surface area contributed by atoms with Gasteiger partial charge >= 0.3 is 0 Å². The Morgan fingerprint density at radius 2 is 2.07 bits per heavy atom. The summed E-state index contributed by atoms with van der Waals surface area (Å²) in [7, 11) is 0. The maximum absolute atomic E-state index is 13.1. The second-order valence-corrected chi connectivity index (χ2v) is 4.00. The molecular weight excluding hydrogens is 193 g/mol. The molecule has 0 bridgehead atoms. The van der Waals surface area contributed by atoms with Crippen molar-refractivity contribution in [1.29, 1.82) is 0 Å². The summed E-state index contributed by atoms with van der Waals surface area (Å²) in [5.41, 5.74) is 0.874. The van der Waals surface area contributed by atoms with Crippen LogP contribution in [0.1, 0.15) is 24.4 Å². The molecule has 0 aromatic heterocycles. The molecule has 1 aliphatic heterocycles. The van der Waals surface area contributed by atoms with E-state index in [0.717, 1.165) is 18.7 Å². The van der Waals surface area contributed by atoms with Crippen LogP contribution in [0.2, 0.25) is 0 Å². The Balaban J connectivity index is 2.18. The van der Waals surface area contributed by atoms with Crippen molar-refractivity contribution in [1.82, 2.24) is 4.90 Å². The zero-order chi connectivity index (χ0) is 10.7. The third-order valence-electron chi connectivity index (χ3n) is 2.99. The number of likely N-dealkylation sites (tertiary alicyclic amines) is 1. The van der Waals surface area contributed by atoms with Crippen molar-refractivity contribution in [3.63, 3.8) is 0 Å². The fourth-order valence-corrected chi connectivity index (χ4v) is 2.20. The largest absolute Gasteiger partial charge is 0.394 e. The number of nitrogens with zero attached hydrogens (tertiary/aromatic N) is 1. The minimum Gasteiger partial charge on any atom is -0.394 e. The molecule has 0 radical (unpaired) electrons. The maximum atomic E-state index is 13.1. The van der Waals surface area contributed by atoms with Crippen molar-refractivity contribution in [3.8, 4) is 0 Å². The number of rotatable bonds is 3. The smallest absolute Gasteiger partial charge is 0.123 e. The summed E-state index contributed by atoms with van der Waals surface area (Å²) in [4.78, 5) is 2.22. The Kier molecular flexibility index (Phi) is 3.34. The van der Waals surface area contributed by atoms with E-state index < -0.39 is 0 Å². The van der Waals surface area contributed by atoms with Gasteiger partial charge in [-0.25, -0.2) is 4.39 Å². The number of benzene rings is 1. The number of aliphatic hydroxyl groups excluding tert-OH is 1. The van der Waals surface area contributed by atoms with Gasteiger partial charge in [0.05, 0.1) is 12.6 Å². The highest BCUT2D eigenvalue weighted by Crippen LogP contribution is 2.24. The maximum Gasteiger partial charge on any atom is 0.123 e. The molecule has 1 atom stereocenters. The third-order valence-corrected chi connectivity index (χ3v) is 2.99. The lowest BCUT2D eigenvalue weighted by atomic mass is 10.1. The van der Waals surface area contributed by atoms with Crippen LogP contribution in [0.4, 0.5) is 4.39 Å². The van der Waals surface area contributed by atoms with Crippen molar-refractivity contribution >= 4 is 0 Å². The first-order valence-corrected chi connectivity index (χ1v) is 5.41. The highest BCUT2D eigenvalue weighted by molar-refractivity contribution is 5.20. The van der Waals surface area contributed by atoms with Gasteiger partial charge in [0.25, 0.3) is 0 Å². The molecule has 1 unspecified atom stereocenters. The number of aliphatic hydroxyl groups is 1. The highest BCUT2D eigenvalue weighted by atomic mass is 19.1. The molecule has 0 amide bonds. The summed E-state index contributed by atoms with van der Waals surface area (Å²) in [5, 5.41) is 9.37. The summed E-state index contributed by atoms with van der Waals surface area (Å²) in [6.45, 7) is 2.06. The fourth-order valence-electron chi connectivity index (χ4n) is 2.20. The molecule has 1 heterocycles. The van der Waals surface area contributed by atoms with E-state index in [1.165, 1.54) is 25.0 Å². The van der Waals surface area contributed by atoms with Crippen LogP contribution in [-0.4, -0.2) is 29.7 Å². The Bertz CT molecular complexity index is 323. The van der Waals surface area contributed by atoms with Gasteiger partial charge in [-0.2, -0.15) is 0 Å². The zero-order valence-electron chi connectivity index (χ0n) is 8.69. The molecule has 2 rings (SSSR count). The van der Waals surface area contributed by atoms with Gasteiger partial charge in [-0.05, 0) is 43.6 Å². The van der Waals surface area contributed by atoms with Gasteiger partial charge in [-0.3, -0.25) is 4.90 Å². The lowest BCUT2D eigenvalue weighted by molar-refractivity contribution is 0.147. The monoisotopic (exact) mass is 209 g/mol. The Morgan fingerprint density at radius 3 is 2.67 bits per heavy atom. The van der Waals surface area contributed by atoms with E-state index in [1.807, 2.05) is 6.07 Å². The number of hydrogen-bond donors (Lipinski definition) is 1. The van der Waals surface area contributed by atoms with E-state index in [4.69, 9.17) is 0 Å². The lowest BCUT2D eigenvalue weighted by Crippen LogP contribution is -2.28. The van der Waals surface area contributed by atoms with Crippen LogP contribution in [0.15, 0.2) is 24.3 Å². The normalized spacial score (nSPS) is 19.3. The molecule has 1 saturated heterocycles. The van der Waals surface area contributed by atoms with Crippen LogP contribution < -0.4 is 0 Å². The first-order chi connectivity index (χ1) is 7.31. The fraction of sp³-hybridized carbons (Fsp3) is 0.500. The van der Waals surface area contributed by atoms with Crippen LogP contribution in [-0.2, 0) is 0 Å². The molecular formula is C12H16FNO. The van der Waals surface area contributed by atoms with Gasteiger partial charge in [-0.1, -0.05) is 12.1 Å². The van der Waals surface area contributed by atoms with E-state index in [0.29, 0.717) is 0 Å².